The monoisotopic (exact) mass is 236 g/mol. The van der Waals surface area contributed by atoms with E-state index in [1.54, 1.807) is 20.8 Å². The minimum absolute atomic E-state index is 0.0995. The summed E-state index contributed by atoms with van der Waals surface area (Å²) in [5, 5.41) is 0. The number of hydrogen-bond acceptors (Lipinski definition) is 4. The summed E-state index contributed by atoms with van der Waals surface area (Å²) >= 11 is 1.75. The van der Waals surface area contributed by atoms with Crippen molar-refractivity contribution in [1.29, 1.82) is 0 Å². The van der Waals surface area contributed by atoms with E-state index in [1.807, 2.05) is 0 Å². The molecule has 4 nitrogen and oxygen atoms in total. The van der Waals surface area contributed by atoms with Crippen LogP contribution >= 0.6 is 0 Å². The second kappa shape index (κ2) is 5.59. The van der Waals surface area contributed by atoms with Gasteiger partial charge in [0.15, 0.2) is 0 Å². The van der Waals surface area contributed by atoms with Crippen molar-refractivity contribution in [3.63, 3.8) is 0 Å². The quantitative estimate of drug-likeness (QED) is 0.501. The SMILES string of the molecule is CC([O][Ti])C(N(C)C)(N(C)C)N(C)C. The summed E-state index contributed by atoms with van der Waals surface area (Å²) in [4.78, 5) is 6.50. The van der Waals surface area contributed by atoms with Gasteiger partial charge in [0.05, 0.1) is 0 Å². The summed E-state index contributed by atoms with van der Waals surface area (Å²) in [6, 6.07) is 0. The Hall–Kier alpha value is 0.554. The zero-order valence-electron chi connectivity index (χ0n) is 10.3. The molecular weight excluding hydrogens is 214 g/mol. The first-order chi connectivity index (χ1) is 6.31. The Labute approximate surface area is 100 Å². The predicted molar refractivity (Wildman–Crippen MR) is 54.3 cm³/mol. The number of rotatable bonds is 5. The van der Waals surface area contributed by atoms with Crippen LogP contribution in [-0.4, -0.2) is 68.9 Å². The molecule has 0 spiro atoms. The van der Waals surface area contributed by atoms with Gasteiger partial charge < -0.3 is 0 Å². The predicted octanol–water partition coefficient (Wildman–Crippen LogP) is 0.192. The van der Waals surface area contributed by atoms with Gasteiger partial charge in [0.1, 0.15) is 0 Å². The van der Waals surface area contributed by atoms with Gasteiger partial charge in [-0.1, -0.05) is 0 Å². The van der Waals surface area contributed by atoms with Crippen molar-refractivity contribution in [3.8, 4) is 0 Å². The maximum atomic E-state index is 5.47. The third kappa shape index (κ3) is 2.38. The van der Waals surface area contributed by atoms with E-state index >= 15 is 0 Å². The first-order valence-corrected chi connectivity index (χ1v) is 5.30. The van der Waals surface area contributed by atoms with Gasteiger partial charge in [-0.15, -0.1) is 0 Å². The van der Waals surface area contributed by atoms with Crippen LogP contribution in [0.1, 0.15) is 6.92 Å². The molecule has 0 aromatic carbocycles. The van der Waals surface area contributed by atoms with Crippen molar-refractivity contribution in [2.45, 2.75) is 18.8 Å². The maximum absolute atomic E-state index is 5.47. The van der Waals surface area contributed by atoms with Gasteiger partial charge in [-0.05, 0) is 0 Å². The van der Waals surface area contributed by atoms with E-state index in [2.05, 4.69) is 63.9 Å². The van der Waals surface area contributed by atoms with E-state index in [9.17, 15) is 0 Å². The molecule has 0 saturated heterocycles. The summed E-state index contributed by atoms with van der Waals surface area (Å²) in [7, 11) is 12.4. The Balaban J connectivity index is 5.16. The molecular formula is C9H22N3OTi. The molecule has 0 aliphatic carbocycles. The van der Waals surface area contributed by atoms with Gasteiger partial charge in [-0.2, -0.15) is 0 Å². The fourth-order valence-corrected chi connectivity index (χ4v) is 2.62. The minimum atomic E-state index is -0.214. The molecule has 0 fully saturated rings. The van der Waals surface area contributed by atoms with E-state index in [4.69, 9.17) is 3.32 Å². The topological polar surface area (TPSA) is 19.0 Å². The fourth-order valence-electron chi connectivity index (χ4n) is 2.37. The van der Waals surface area contributed by atoms with Crippen LogP contribution < -0.4 is 0 Å². The molecule has 0 aromatic rings. The zero-order valence-corrected chi connectivity index (χ0v) is 11.9. The van der Waals surface area contributed by atoms with Gasteiger partial charge in [0.25, 0.3) is 0 Å². The normalized spacial score (nSPS) is 15.5. The Morgan fingerprint density at radius 1 is 0.929 bits per heavy atom. The van der Waals surface area contributed by atoms with Crippen LogP contribution in [0.2, 0.25) is 0 Å². The molecule has 0 bridgehead atoms. The molecule has 1 atom stereocenters. The standard InChI is InChI=1S/C9H22N3O.Ti/c1-8(13)9(10(2)3,11(4)5)12(6)7;/h8H,1-7H3;/q-1;+1. The van der Waals surface area contributed by atoms with Gasteiger partial charge in [0, 0.05) is 0 Å². The summed E-state index contributed by atoms with van der Waals surface area (Å²) in [6.45, 7) is 2.08. The molecule has 0 rings (SSSR count). The van der Waals surface area contributed by atoms with Crippen LogP contribution in [0.25, 0.3) is 0 Å². The number of hydrogen-bond donors (Lipinski definition) is 0. The van der Waals surface area contributed by atoms with Crippen LogP contribution in [-0.2, 0) is 24.1 Å². The van der Waals surface area contributed by atoms with Crippen molar-refractivity contribution < 1.29 is 24.1 Å². The first-order valence-electron chi connectivity index (χ1n) is 4.66. The van der Waals surface area contributed by atoms with E-state index in [0.29, 0.717) is 0 Å². The van der Waals surface area contributed by atoms with Crippen molar-refractivity contribution in [2.75, 3.05) is 42.3 Å². The first kappa shape index (κ1) is 14.6. The Morgan fingerprint density at radius 3 is 1.29 bits per heavy atom. The fraction of sp³-hybridized carbons (Fsp3) is 1.00. The summed E-state index contributed by atoms with van der Waals surface area (Å²) < 4.78 is 5.47. The second-order valence-corrected chi connectivity index (χ2v) is 4.50. The summed E-state index contributed by atoms with van der Waals surface area (Å²) in [5.74, 6) is -0.214. The number of likely N-dealkylation sites (N-methyl/N-ethyl adjacent to an activating group) is 3. The summed E-state index contributed by atoms with van der Waals surface area (Å²) in [5.41, 5.74) is 0. The molecule has 5 heteroatoms. The van der Waals surface area contributed by atoms with Gasteiger partial charge in [-0.25, -0.2) is 0 Å². The zero-order chi connectivity index (χ0) is 11.5. The van der Waals surface area contributed by atoms with Crippen molar-refractivity contribution in [1.82, 2.24) is 14.7 Å². The molecule has 83 valence electrons. The molecule has 0 aromatic heterocycles. The Morgan fingerprint density at radius 2 is 1.21 bits per heavy atom. The molecule has 1 unspecified atom stereocenters. The third-order valence-electron chi connectivity index (χ3n) is 2.70. The Bertz CT molecular complexity index is 152. The van der Waals surface area contributed by atoms with Crippen LogP contribution in [0.5, 0.6) is 0 Å². The molecule has 0 saturated carbocycles. The molecule has 0 aliphatic heterocycles. The molecule has 0 N–H and O–H groups in total. The van der Waals surface area contributed by atoms with E-state index in [0.717, 1.165) is 0 Å². The van der Waals surface area contributed by atoms with Gasteiger partial charge in [0.2, 0.25) is 0 Å². The van der Waals surface area contributed by atoms with E-state index < -0.39 is 0 Å². The average molecular weight is 236 g/mol. The molecule has 0 aliphatic rings. The van der Waals surface area contributed by atoms with Crippen molar-refractivity contribution in [3.05, 3.63) is 0 Å². The van der Waals surface area contributed by atoms with Gasteiger partial charge >= 0.3 is 99.9 Å². The second-order valence-electron chi connectivity index (χ2n) is 4.13. The summed E-state index contributed by atoms with van der Waals surface area (Å²) in [6.07, 6.45) is 0.0995. The van der Waals surface area contributed by atoms with Crippen molar-refractivity contribution >= 4 is 0 Å². The molecule has 0 radical (unpaired) electrons. The van der Waals surface area contributed by atoms with Crippen LogP contribution in [0.15, 0.2) is 0 Å². The average Bonchev–Trinajstić information content (AvgIpc) is 2.02. The van der Waals surface area contributed by atoms with Crippen LogP contribution in [0.4, 0.5) is 0 Å². The molecule has 14 heavy (non-hydrogen) atoms. The van der Waals surface area contributed by atoms with Crippen LogP contribution in [0, 0.1) is 0 Å². The third-order valence-corrected chi connectivity index (χ3v) is 3.25. The van der Waals surface area contributed by atoms with Gasteiger partial charge in [-0.3, -0.25) is 0 Å². The van der Waals surface area contributed by atoms with Crippen molar-refractivity contribution in [2.24, 2.45) is 0 Å². The van der Waals surface area contributed by atoms with E-state index in [-0.39, 0.29) is 11.9 Å². The van der Waals surface area contributed by atoms with E-state index in [1.165, 1.54) is 0 Å². The molecule has 0 heterocycles. The molecule has 0 amide bonds. The number of nitrogens with zero attached hydrogens (tertiary/aromatic N) is 3. The Kier molecular flexibility index (Phi) is 5.81. The van der Waals surface area contributed by atoms with Crippen LogP contribution in [0.3, 0.4) is 0 Å².